The Balaban J connectivity index is 0.000000191. The number of rotatable bonds is 10. The highest BCUT2D eigenvalue weighted by atomic mass is 35.5. The number of fused-ring (bicyclic) bond motifs is 2. The molecule has 63 heavy (non-hydrogen) atoms. The third-order valence-electron chi connectivity index (χ3n) is 12.3. The molecule has 2 amide bonds. The largest absolute Gasteiger partial charge is 0.469 e. The van der Waals surface area contributed by atoms with E-state index < -0.39 is 5.43 Å². The number of aryl methyl sites for hydroxylation is 1. The molecule has 6 heterocycles. The summed E-state index contributed by atoms with van der Waals surface area (Å²) in [6.45, 7) is 4.51. The number of ether oxygens (including phenoxy) is 2. The van der Waals surface area contributed by atoms with Gasteiger partial charge in [-0.1, -0.05) is 39.5 Å². The number of carbonyl (C=O) groups is 4. The van der Waals surface area contributed by atoms with E-state index in [2.05, 4.69) is 59.9 Å². The van der Waals surface area contributed by atoms with E-state index in [1.165, 1.54) is 39.9 Å². The molecule has 4 aromatic rings. The highest BCUT2D eigenvalue weighted by molar-refractivity contribution is 6.61. The summed E-state index contributed by atoms with van der Waals surface area (Å²) < 4.78 is 8.65. The summed E-state index contributed by atoms with van der Waals surface area (Å²) in [6.07, 6.45) is 21.9. The first-order chi connectivity index (χ1) is 30.5. The second-order valence-electron chi connectivity index (χ2n) is 15.9. The van der Waals surface area contributed by atoms with Crippen molar-refractivity contribution in [3.63, 3.8) is 0 Å². The van der Waals surface area contributed by atoms with Crippen molar-refractivity contribution in [2.45, 2.75) is 122 Å². The highest BCUT2D eigenvalue weighted by Crippen LogP contribution is 2.42. The monoisotopic (exact) mass is 883 g/mol. The molecule has 8 rings (SSSR count). The van der Waals surface area contributed by atoms with E-state index in [4.69, 9.17) is 20.4 Å². The van der Waals surface area contributed by atoms with E-state index in [1.807, 2.05) is 19.2 Å². The Morgan fingerprint density at radius 1 is 0.714 bits per heavy atom. The fourth-order valence-electron chi connectivity index (χ4n) is 9.02. The van der Waals surface area contributed by atoms with Gasteiger partial charge in [0.1, 0.15) is 23.5 Å². The lowest BCUT2D eigenvalue weighted by atomic mass is 10.0. The molecule has 2 atom stereocenters. The number of methoxy groups -OCH3 is 2. The zero-order chi connectivity index (χ0) is 45.2. The Morgan fingerprint density at radius 3 is 1.54 bits per heavy atom. The van der Waals surface area contributed by atoms with Gasteiger partial charge < -0.3 is 34.8 Å². The van der Waals surface area contributed by atoms with Gasteiger partial charge in [0.2, 0.25) is 11.8 Å². The summed E-state index contributed by atoms with van der Waals surface area (Å²) in [6, 6.07) is 4.09. The molecular weight excluding hydrogens is 826 g/mol. The molecule has 2 N–H and O–H groups in total. The number of pyridine rings is 2. The van der Waals surface area contributed by atoms with Crippen LogP contribution >= 0.6 is 11.6 Å². The predicted molar refractivity (Wildman–Crippen MR) is 241 cm³/mol. The molecule has 2 aliphatic heterocycles. The van der Waals surface area contributed by atoms with Crippen LogP contribution in [-0.4, -0.2) is 106 Å². The molecule has 4 aromatic heterocycles. The summed E-state index contributed by atoms with van der Waals surface area (Å²) in [5.41, 5.74) is 10.2. The Labute approximate surface area is 373 Å². The van der Waals surface area contributed by atoms with Crippen molar-refractivity contribution in [1.82, 2.24) is 29.9 Å². The predicted octanol–water partition coefficient (Wildman–Crippen LogP) is 6.64. The van der Waals surface area contributed by atoms with Crippen LogP contribution in [0.15, 0.2) is 49.3 Å². The van der Waals surface area contributed by atoms with Gasteiger partial charge in [0.05, 0.1) is 26.6 Å². The molecule has 0 aromatic carbocycles. The fraction of sp³-hybridized carbons (Fsp3) is 0.511. The maximum Gasteiger partial charge on any atom is 0.403 e. The number of nitrogens with two attached hydrogens (primary N) is 1. The topological polar surface area (TPSA) is 203 Å². The number of amides is 2. The number of anilines is 4. The minimum absolute atomic E-state index is 0.0981. The number of nitrogens with zero attached hydrogens (tertiary/aromatic N) is 10. The summed E-state index contributed by atoms with van der Waals surface area (Å²) in [5, 5.41) is 0. The molecule has 4 aliphatic rings. The first-order valence-electron chi connectivity index (χ1n) is 21.7. The molecule has 0 saturated heterocycles. The van der Waals surface area contributed by atoms with Crippen LogP contribution < -0.4 is 25.3 Å². The lowest BCUT2D eigenvalue weighted by Gasteiger charge is -2.43. The van der Waals surface area contributed by atoms with Gasteiger partial charge in [0.15, 0.2) is 23.3 Å². The average Bonchev–Trinajstić information content (AvgIpc) is 4.06. The first kappa shape index (κ1) is 46.7. The van der Waals surface area contributed by atoms with Gasteiger partial charge in [0.25, 0.3) is 0 Å². The average molecular weight is 884 g/mol. The standard InChI is InChI=1S/C23H29N5O3.C20H26N6O.C2H3ClO2/c1-4-18-23(30)27(2)19-14-25-21(26-22(19)28(18)16-7-5-6-8-16)17-11-12-24-13-15(17)9-10-20(29)31-3;1-3-16-20(27)25(2)17-12-23-18(15-8-9-22-11-13(15)10-21)24-19(17)26(16)14-6-4-5-7-14;1-5-2(3)4/h11-14,16,18H,4-10H2,1-3H3;8-9,11-12,14,16H,3-7,10,21H2,1-2H3;1H3/t18-;16-;/m11./s1. The van der Waals surface area contributed by atoms with Crippen molar-refractivity contribution < 1.29 is 28.7 Å². The number of likely N-dealkylation sites (N-methyl/N-ethyl adjacent to an activating group) is 2. The van der Waals surface area contributed by atoms with Crippen LogP contribution in [0, 0.1) is 0 Å². The quantitative estimate of drug-likeness (QED) is 0.131. The van der Waals surface area contributed by atoms with Crippen LogP contribution in [0.2, 0.25) is 0 Å². The van der Waals surface area contributed by atoms with Crippen LogP contribution in [0.1, 0.15) is 95.6 Å². The zero-order valence-corrected chi connectivity index (χ0v) is 37.8. The van der Waals surface area contributed by atoms with Crippen LogP contribution in [-0.2, 0) is 36.8 Å². The molecule has 336 valence electrons. The number of halogens is 1. The van der Waals surface area contributed by atoms with Crippen molar-refractivity contribution in [2.24, 2.45) is 5.73 Å². The SMILES string of the molecule is CC[C@@H]1C(=O)N(C)c2cnc(-c3ccncc3CCC(=O)OC)nc2N1C1CCCC1.CC[C@@H]1C(=O)N(C)c2cnc(-c3ccncc3CN)nc2N1C1CCCC1.COC(=O)Cl. The van der Waals surface area contributed by atoms with E-state index in [9.17, 15) is 19.2 Å². The van der Waals surface area contributed by atoms with Gasteiger partial charge in [-0.05, 0) is 68.2 Å². The first-order valence-corrected chi connectivity index (χ1v) is 22.1. The number of esters is 1. The molecule has 2 fully saturated rings. The molecule has 18 heteroatoms. The van der Waals surface area contributed by atoms with Crippen LogP contribution in [0.4, 0.5) is 27.8 Å². The van der Waals surface area contributed by atoms with Crippen molar-refractivity contribution in [1.29, 1.82) is 0 Å². The van der Waals surface area contributed by atoms with Crippen molar-refractivity contribution in [3.8, 4) is 22.8 Å². The summed E-state index contributed by atoms with van der Waals surface area (Å²) in [4.78, 5) is 82.3. The second kappa shape index (κ2) is 21.5. The van der Waals surface area contributed by atoms with Crippen LogP contribution in [0.3, 0.4) is 0 Å². The normalized spacial score (nSPS) is 18.5. The zero-order valence-electron chi connectivity index (χ0n) is 37.0. The number of hydrogen-bond acceptors (Lipinski definition) is 15. The minimum Gasteiger partial charge on any atom is -0.469 e. The lowest BCUT2D eigenvalue weighted by molar-refractivity contribution is -0.140. The third-order valence-corrected chi connectivity index (χ3v) is 12.5. The molecular formula is C45H58ClN11O6. The number of carbonyl (C=O) groups excluding carboxylic acids is 4. The van der Waals surface area contributed by atoms with E-state index in [1.54, 1.807) is 54.0 Å². The Hall–Kier alpha value is -5.81. The Kier molecular flexibility index (Phi) is 15.9. The third kappa shape index (κ3) is 10.2. The summed E-state index contributed by atoms with van der Waals surface area (Å²) in [5.74, 6) is 2.86. The van der Waals surface area contributed by atoms with E-state index in [-0.39, 0.29) is 36.3 Å². The summed E-state index contributed by atoms with van der Waals surface area (Å²) in [7, 11) is 6.22. The lowest BCUT2D eigenvalue weighted by Crippen LogP contribution is -2.55. The van der Waals surface area contributed by atoms with Gasteiger partial charge in [0, 0.05) is 86.7 Å². The van der Waals surface area contributed by atoms with Gasteiger partial charge >= 0.3 is 11.4 Å². The van der Waals surface area contributed by atoms with Crippen molar-refractivity contribution in [3.05, 3.63) is 60.4 Å². The number of aromatic nitrogens is 6. The van der Waals surface area contributed by atoms with E-state index >= 15 is 0 Å². The van der Waals surface area contributed by atoms with Gasteiger partial charge in [-0.2, -0.15) is 0 Å². The van der Waals surface area contributed by atoms with Crippen molar-refractivity contribution >= 4 is 57.8 Å². The molecule has 0 spiro atoms. The molecule has 2 aliphatic carbocycles. The molecule has 0 radical (unpaired) electrons. The van der Waals surface area contributed by atoms with Crippen LogP contribution in [0.25, 0.3) is 22.8 Å². The molecule has 0 unspecified atom stereocenters. The molecule has 0 bridgehead atoms. The molecule has 2 saturated carbocycles. The maximum absolute atomic E-state index is 13.0. The van der Waals surface area contributed by atoms with E-state index in [0.29, 0.717) is 36.7 Å². The van der Waals surface area contributed by atoms with E-state index in [0.717, 1.165) is 83.8 Å². The summed E-state index contributed by atoms with van der Waals surface area (Å²) >= 11 is 4.60. The maximum atomic E-state index is 13.0. The Bertz CT molecular complexity index is 2250. The fourth-order valence-corrected chi connectivity index (χ4v) is 9.02. The smallest absolute Gasteiger partial charge is 0.403 e. The van der Waals surface area contributed by atoms with Gasteiger partial charge in [-0.3, -0.25) is 24.4 Å². The van der Waals surface area contributed by atoms with Gasteiger partial charge in [-0.25, -0.2) is 24.7 Å². The second-order valence-corrected chi connectivity index (χ2v) is 16.2. The van der Waals surface area contributed by atoms with Gasteiger partial charge in [-0.15, -0.1) is 0 Å². The minimum atomic E-state index is -0.773. The highest BCUT2D eigenvalue weighted by Gasteiger charge is 2.43. The van der Waals surface area contributed by atoms with Crippen molar-refractivity contribution in [2.75, 3.05) is 47.9 Å². The van der Waals surface area contributed by atoms with Crippen LogP contribution in [0.5, 0.6) is 0 Å². The molecule has 17 nitrogen and oxygen atoms in total. The Morgan fingerprint density at radius 2 is 1.14 bits per heavy atom. The number of hydrogen-bond donors (Lipinski definition) is 1.